The van der Waals surface area contributed by atoms with Crippen LogP contribution in [-0.2, 0) is 6.54 Å². The van der Waals surface area contributed by atoms with E-state index in [-0.39, 0.29) is 0 Å². The number of hydrogen-bond donors (Lipinski definition) is 1. The first-order chi connectivity index (χ1) is 8.59. The first kappa shape index (κ1) is 13.5. The number of aromatic nitrogens is 1. The van der Waals surface area contributed by atoms with Crippen molar-refractivity contribution in [3.8, 4) is 0 Å². The third kappa shape index (κ3) is 3.53. The molecule has 1 aromatic heterocycles. The number of aryl methyl sites for hydroxylation is 1. The normalized spacial score (nSPS) is 19.9. The predicted molar refractivity (Wildman–Crippen MR) is 75.5 cm³/mol. The molecule has 3 heteroatoms. The van der Waals surface area contributed by atoms with Crippen LogP contribution >= 0.6 is 0 Å². The van der Waals surface area contributed by atoms with Crippen molar-refractivity contribution in [3.63, 3.8) is 0 Å². The molecule has 2 heterocycles. The van der Waals surface area contributed by atoms with E-state index in [0.29, 0.717) is 5.41 Å². The van der Waals surface area contributed by atoms with E-state index in [0.717, 1.165) is 13.1 Å². The highest BCUT2D eigenvalue weighted by molar-refractivity contribution is 5.21. The molecule has 0 atom stereocenters. The summed E-state index contributed by atoms with van der Waals surface area (Å²) in [5, 5.41) is 3.61. The summed E-state index contributed by atoms with van der Waals surface area (Å²) in [7, 11) is 2.21. The molecule has 1 N–H and O–H groups in total. The Bertz CT molecular complexity index is 381. The maximum Gasteiger partial charge on any atom is 0.0315 e. The zero-order valence-corrected chi connectivity index (χ0v) is 11.9. The van der Waals surface area contributed by atoms with Gasteiger partial charge in [-0.3, -0.25) is 4.98 Å². The fourth-order valence-electron chi connectivity index (χ4n) is 2.52. The van der Waals surface area contributed by atoms with E-state index in [1.54, 1.807) is 0 Å². The largest absolute Gasteiger partial charge is 0.312 e. The predicted octanol–water partition coefficient (Wildman–Crippen LogP) is 2.21. The smallest absolute Gasteiger partial charge is 0.0315 e. The summed E-state index contributed by atoms with van der Waals surface area (Å²) in [6.07, 6.45) is 6.42. The molecule has 1 aromatic rings. The van der Waals surface area contributed by atoms with E-state index in [4.69, 9.17) is 0 Å². The molecule has 1 aliphatic rings. The summed E-state index contributed by atoms with van der Waals surface area (Å²) in [5.74, 6) is 0. The Morgan fingerprint density at radius 1 is 1.39 bits per heavy atom. The number of pyridine rings is 1. The minimum atomic E-state index is 0.461. The van der Waals surface area contributed by atoms with Crippen LogP contribution in [0.2, 0.25) is 0 Å². The first-order valence-electron chi connectivity index (χ1n) is 6.88. The Kier molecular flexibility index (Phi) is 4.36. The van der Waals surface area contributed by atoms with E-state index in [9.17, 15) is 0 Å². The van der Waals surface area contributed by atoms with Crippen LogP contribution in [0.15, 0.2) is 18.5 Å². The van der Waals surface area contributed by atoms with Gasteiger partial charge in [0.2, 0.25) is 0 Å². The SMILES string of the molecule is Cc1ccncc1CNCC1(C)CCN(C)CC1. The van der Waals surface area contributed by atoms with E-state index >= 15 is 0 Å². The standard InChI is InChI=1S/C15H25N3/c1-13-4-7-16-10-14(13)11-17-12-15(2)5-8-18(3)9-6-15/h4,7,10,17H,5-6,8-9,11-12H2,1-3H3. The second kappa shape index (κ2) is 5.81. The fraction of sp³-hybridized carbons (Fsp3) is 0.667. The zero-order chi connectivity index (χ0) is 13.0. The molecular weight excluding hydrogens is 222 g/mol. The van der Waals surface area contributed by atoms with Crippen LogP contribution in [0.4, 0.5) is 0 Å². The van der Waals surface area contributed by atoms with Gasteiger partial charge in [-0.1, -0.05) is 6.92 Å². The van der Waals surface area contributed by atoms with Gasteiger partial charge in [-0.05, 0) is 62.5 Å². The molecule has 0 bridgehead atoms. The van der Waals surface area contributed by atoms with Gasteiger partial charge >= 0.3 is 0 Å². The molecule has 0 aromatic carbocycles. The highest BCUT2D eigenvalue weighted by Gasteiger charge is 2.28. The Morgan fingerprint density at radius 2 is 2.11 bits per heavy atom. The number of nitrogens with zero attached hydrogens (tertiary/aromatic N) is 2. The van der Waals surface area contributed by atoms with Crippen molar-refractivity contribution in [1.29, 1.82) is 0 Å². The maximum atomic E-state index is 4.19. The third-order valence-electron chi connectivity index (χ3n) is 4.21. The second-order valence-corrected chi connectivity index (χ2v) is 6.02. The molecule has 0 amide bonds. The lowest BCUT2D eigenvalue weighted by Gasteiger charge is -2.38. The van der Waals surface area contributed by atoms with Crippen molar-refractivity contribution in [2.45, 2.75) is 33.2 Å². The molecule has 0 saturated carbocycles. The molecule has 2 rings (SSSR count). The van der Waals surface area contributed by atoms with Crippen LogP contribution in [0, 0.1) is 12.3 Å². The van der Waals surface area contributed by atoms with Crippen molar-refractivity contribution < 1.29 is 0 Å². The molecular formula is C15H25N3. The van der Waals surface area contributed by atoms with Gasteiger partial charge in [-0.25, -0.2) is 0 Å². The summed E-state index contributed by atoms with van der Waals surface area (Å²) < 4.78 is 0. The monoisotopic (exact) mass is 247 g/mol. The molecule has 1 fully saturated rings. The number of piperidine rings is 1. The average Bonchev–Trinajstić information content (AvgIpc) is 2.36. The van der Waals surface area contributed by atoms with E-state index in [2.05, 4.69) is 42.2 Å². The maximum absolute atomic E-state index is 4.19. The third-order valence-corrected chi connectivity index (χ3v) is 4.21. The molecule has 0 spiro atoms. The molecule has 100 valence electrons. The number of nitrogens with one attached hydrogen (secondary N) is 1. The first-order valence-corrected chi connectivity index (χ1v) is 6.88. The van der Waals surface area contributed by atoms with Crippen LogP contribution in [0.5, 0.6) is 0 Å². The minimum absolute atomic E-state index is 0.461. The van der Waals surface area contributed by atoms with E-state index < -0.39 is 0 Å². The lowest BCUT2D eigenvalue weighted by molar-refractivity contribution is 0.137. The summed E-state index contributed by atoms with van der Waals surface area (Å²) in [4.78, 5) is 6.62. The number of hydrogen-bond acceptors (Lipinski definition) is 3. The van der Waals surface area contributed by atoms with Crippen LogP contribution < -0.4 is 5.32 Å². The quantitative estimate of drug-likeness (QED) is 0.884. The molecule has 1 aliphatic heterocycles. The number of likely N-dealkylation sites (tertiary alicyclic amines) is 1. The Labute approximate surface area is 111 Å². The summed E-state index contributed by atoms with van der Waals surface area (Å²) in [5.41, 5.74) is 3.10. The molecule has 0 radical (unpaired) electrons. The van der Waals surface area contributed by atoms with Crippen molar-refractivity contribution in [2.24, 2.45) is 5.41 Å². The Hall–Kier alpha value is -0.930. The van der Waals surface area contributed by atoms with Gasteiger partial charge < -0.3 is 10.2 Å². The van der Waals surface area contributed by atoms with Crippen LogP contribution in [0.3, 0.4) is 0 Å². The summed E-state index contributed by atoms with van der Waals surface area (Å²) >= 11 is 0. The van der Waals surface area contributed by atoms with Gasteiger partial charge in [0, 0.05) is 25.5 Å². The molecule has 3 nitrogen and oxygen atoms in total. The van der Waals surface area contributed by atoms with Gasteiger partial charge in [0.25, 0.3) is 0 Å². The lowest BCUT2D eigenvalue weighted by atomic mass is 9.80. The fourth-order valence-corrected chi connectivity index (χ4v) is 2.52. The van der Waals surface area contributed by atoms with Gasteiger partial charge in [0.05, 0.1) is 0 Å². The van der Waals surface area contributed by atoms with Crippen LogP contribution in [0.1, 0.15) is 30.9 Å². The average molecular weight is 247 g/mol. The topological polar surface area (TPSA) is 28.2 Å². The highest BCUT2D eigenvalue weighted by Crippen LogP contribution is 2.29. The molecule has 1 saturated heterocycles. The van der Waals surface area contributed by atoms with Crippen LogP contribution in [-0.4, -0.2) is 36.6 Å². The minimum Gasteiger partial charge on any atom is -0.312 e. The van der Waals surface area contributed by atoms with Crippen molar-refractivity contribution in [2.75, 3.05) is 26.7 Å². The zero-order valence-electron chi connectivity index (χ0n) is 11.9. The van der Waals surface area contributed by atoms with Crippen molar-refractivity contribution >= 4 is 0 Å². The Balaban J connectivity index is 1.80. The molecule has 18 heavy (non-hydrogen) atoms. The highest BCUT2D eigenvalue weighted by atomic mass is 15.1. The lowest BCUT2D eigenvalue weighted by Crippen LogP contribution is -2.41. The Morgan fingerprint density at radius 3 is 2.78 bits per heavy atom. The van der Waals surface area contributed by atoms with Gasteiger partial charge in [0.1, 0.15) is 0 Å². The summed E-state index contributed by atoms with van der Waals surface area (Å²) in [6, 6.07) is 2.08. The molecule has 0 unspecified atom stereocenters. The van der Waals surface area contributed by atoms with Crippen molar-refractivity contribution in [1.82, 2.24) is 15.2 Å². The van der Waals surface area contributed by atoms with Gasteiger partial charge in [-0.15, -0.1) is 0 Å². The molecule has 0 aliphatic carbocycles. The van der Waals surface area contributed by atoms with E-state index in [1.165, 1.54) is 37.1 Å². The van der Waals surface area contributed by atoms with Gasteiger partial charge in [0.15, 0.2) is 0 Å². The van der Waals surface area contributed by atoms with Gasteiger partial charge in [-0.2, -0.15) is 0 Å². The second-order valence-electron chi connectivity index (χ2n) is 6.02. The van der Waals surface area contributed by atoms with Crippen LogP contribution in [0.25, 0.3) is 0 Å². The van der Waals surface area contributed by atoms with Crippen molar-refractivity contribution in [3.05, 3.63) is 29.6 Å². The van der Waals surface area contributed by atoms with E-state index in [1.807, 2.05) is 12.4 Å². The summed E-state index contributed by atoms with van der Waals surface area (Å²) in [6.45, 7) is 9.05. The number of rotatable bonds is 4.